The van der Waals surface area contributed by atoms with Gasteiger partial charge in [0.05, 0.1) is 5.56 Å². The Kier molecular flexibility index (Phi) is 7.15. The molecule has 0 bridgehead atoms. The lowest BCUT2D eigenvalue weighted by atomic mass is 9.81. The van der Waals surface area contributed by atoms with E-state index in [9.17, 15) is 23.1 Å². The van der Waals surface area contributed by atoms with Gasteiger partial charge in [-0.3, -0.25) is 0 Å². The van der Waals surface area contributed by atoms with E-state index >= 15 is 0 Å². The number of nitriles is 1. The van der Waals surface area contributed by atoms with Gasteiger partial charge in [-0.15, -0.1) is 11.3 Å². The largest absolute Gasteiger partial charge is 0.478 e. The molecule has 2 aromatic heterocycles. The van der Waals surface area contributed by atoms with Crippen LogP contribution in [0.5, 0.6) is 11.6 Å². The van der Waals surface area contributed by atoms with E-state index in [2.05, 4.69) is 4.98 Å². The van der Waals surface area contributed by atoms with E-state index < -0.39 is 28.5 Å². The molecule has 3 aromatic rings. The predicted octanol–water partition coefficient (Wildman–Crippen LogP) is 6.67. The zero-order chi connectivity index (χ0) is 25.4. The van der Waals surface area contributed by atoms with Crippen LogP contribution in [0.3, 0.4) is 0 Å². The molecule has 0 saturated heterocycles. The number of carboxylic acids is 1. The van der Waals surface area contributed by atoms with Crippen LogP contribution in [0.4, 0.5) is 13.2 Å². The van der Waals surface area contributed by atoms with Gasteiger partial charge in [0.25, 0.3) is 0 Å². The van der Waals surface area contributed by atoms with Gasteiger partial charge in [0, 0.05) is 22.0 Å². The molecule has 2 heterocycles. The second kappa shape index (κ2) is 9.43. The number of aromatic carboxylic acids is 1. The van der Waals surface area contributed by atoms with Crippen molar-refractivity contribution in [1.29, 1.82) is 5.26 Å². The first kappa shape index (κ1) is 25.8. The highest BCUT2D eigenvalue weighted by molar-refractivity contribution is 7.12. The summed E-state index contributed by atoms with van der Waals surface area (Å²) in [4.78, 5) is 14.5. The quantitative estimate of drug-likeness (QED) is 0.368. The number of carbonyl (C=O) groups is 1. The second-order valence-electron chi connectivity index (χ2n) is 7.32. The highest BCUT2D eigenvalue weighted by Gasteiger charge is 2.60. The van der Waals surface area contributed by atoms with Crippen molar-refractivity contribution in [2.24, 2.45) is 0 Å². The van der Waals surface area contributed by atoms with Crippen LogP contribution in [0.2, 0.25) is 10.0 Å². The van der Waals surface area contributed by atoms with Crippen LogP contribution in [0.25, 0.3) is 0 Å². The number of ether oxygens (including phenoxy) is 1. The van der Waals surface area contributed by atoms with Gasteiger partial charge in [-0.1, -0.05) is 36.2 Å². The summed E-state index contributed by atoms with van der Waals surface area (Å²) in [6.07, 6.45) is -4.04. The first-order valence-electron chi connectivity index (χ1n) is 9.45. The molecule has 0 saturated carbocycles. The molecule has 3 rings (SSSR count). The van der Waals surface area contributed by atoms with Gasteiger partial charge in [-0.2, -0.15) is 18.4 Å². The van der Waals surface area contributed by atoms with E-state index in [1.165, 1.54) is 32.0 Å². The fourth-order valence-electron chi connectivity index (χ4n) is 3.26. The van der Waals surface area contributed by atoms with Crippen LogP contribution in [0.1, 0.15) is 44.1 Å². The lowest BCUT2D eigenvalue weighted by Gasteiger charge is -2.35. The molecule has 0 radical (unpaired) electrons. The minimum atomic E-state index is -5.07. The van der Waals surface area contributed by atoms with Gasteiger partial charge in [0.2, 0.25) is 11.5 Å². The molecule has 2 N–H and O–H groups in total. The van der Waals surface area contributed by atoms with Gasteiger partial charge in [-0.25, -0.2) is 9.78 Å². The van der Waals surface area contributed by atoms with Crippen LogP contribution in [-0.4, -0.2) is 27.3 Å². The molecule has 0 fully saturated rings. The zero-order valence-corrected chi connectivity index (χ0v) is 19.8. The van der Waals surface area contributed by atoms with Gasteiger partial charge >= 0.3 is 12.1 Å². The number of nitrogens with zero attached hydrogens (tertiary/aromatic N) is 2. The maximum Gasteiger partial charge on any atom is 0.422 e. The van der Waals surface area contributed by atoms with Crippen molar-refractivity contribution in [2.45, 2.75) is 31.5 Å². The number of aliphatic hydroxyl groups is 1. The first-order valence-corrected chi connectivity index (χ1v) is 11.0. The number of alkyl halides is 3. The molecule has 0 aliphatic carbocycles. The Morgan fingerprint density at radius 1 is 1.24 bits per heavy atom. The Bertz CT molecular complexity index is 1310. The Morgan fingerprint density at radius 3 is 2.41 bits per heavy atom. The first-order chi connectivity index (χ1) is 15.8. The third kappa shape index (κ3) is 4.70. The Hall–Kier alpha value is -2.84. The molecule has 12 heteroatoms. The minimum absolute atomic E-state index is 0.0151. The average molecular weight is 531 g/mol. The Balaban J connectivity index is 1.97. The van der Waals surface area contributed by atoms with Gasteiger partial charge < -0.3 is 14.9 Å². The van der Waals surface area contributed by atoms with Crippen molar-refractivity contribution in [3.63, 3.8) is 0 Å². The van der Waals surface area contributed by atoms with Gasteiger partial charge in [0.15, 0.2) is 0 Å². The molecule has 2 unspecified atom stereocenters. The number of thiophene rings is 1. The molecule has 2 atom stereocenters. The summed E-state index contributed by atoms with van der Waals surface area (Å²) in [6, 6.07) is 7.91. The van der Waals surface area contributed by atoms with E-state index in [4.69, 9.17) is 38.3 Å². The van der Waals surface area contributed by atoms with E-state index in [-0.39, 0.29) is 37.7 Å². The van der Waals surface area contributed by atoms with Crippen LogP contribution in [-0.2, 0) is 5.60 Å². The maximum absolute atomic E-state index is 14.1. The van der Waals surface area contributed by atoms with Crippen LogP contribution >= 0.6 is 34.5 Å². The van der Waals surface area contributed by atoms with Crippen LogP contribution in [0.15, 0.2) is 36.5 Å². The number of benzene rings is 1. The standard InChI is InChI=1S/C22H15Cl2F3N2O4S/c1-10-5-18(34-17(10)8-28)21(32,22(25,26)27)11(2)14-4-3-13(7-15(14)23)33-19-16(24)6-12(9-29-19)20(30)31/h3-7,9,11,32H,1-2H3,(H,30,31). The molecule has 0 aliphatic heterocycles. The number of rotatable bonds is 6. The van der Waals surface area contributed by atoms with Crippen LogP contribution < -0.4 is 4.74 Å². The fraction of sp³-hybridized carbons (Fsp3) is 0.227. The number of hydrogen-bond donors (Lipinski definition) is 2. The number of carboxylic acid groups (broad SMARTS) is 1. The smallest absolute Gasteiger partial charge is 0.422 e. The number of halogens is 5. The number of hydrogen-bond acceptors (Lipinski definition) is 6. The Morgan fingerprint density at radius 2 is 1.91 bits per heavy atom. The summed E-state index contributed by atoms with van der Waals surface area (Å²) in [5.41, 5.74) is -3.15. The fourth-order valence-corrected chi connectivity index (χ4v) is 4.96. The molecule has 0 aliphatic rings. The summed E-state index contributed by atoms with van der Waals surface area (Å²) in [7, 11) is 0. The molecule has 1 aromatic carbocycles. The molecule has 6 nitrogen and oxygen atoms in total. The topological polar surface area (TPSA) is 103 Å². The predicted molar refractivity (Wildman–Crippen MR) is 120 cm³/mol. The number of pyridine rings is 1. The number of aryl methyl sites for hydroxylation is 1. The molecule has 178 valence electrons. The van der Waals surface area contributed by atoms with Crippen molar-refractivity contribution < 1.29 is 32.9 Å². The van der Waals surface area contributed by atoms with Crippen molar-refractivity contribution in [1.82, 2.24) is 4.98 Å². The summed E-state index contributed by atoms with van der Waals surface area (Å²) < 4.78 is 47.9. The highest BCUT2D eigenvalue weighted by Crippen LogP contribution is 2.52. The minimum Gasteiger partial charge on any atom is -0.478 e. The monoisotopic (exact) mass is 530 g/mol. The van der Waals surface area contributed by atoms with Gasteiger partial charge in [-0.05, 0) is 42.3 Å². The normalized spacial score (nSPS) is 14.2. The van der Waals surface area contributed by atoms with E-state index in [0.717, 1.165) is 18.3 Å². The van der Waals surface area contributed by atoms with Crippen LogP contribution in [0, 0.1) is 18.3 Å². The number of aromatic nitrogens is 1. The lowest BCUT2D eigenvalue weighted by molar-refractivity contribution is -0.273. The Labute approximate surface area is 205 Å². The maximum atomic E-state index is 14.1. The highest BCUT2D eigenvalue weighted by atomic mass is 35.5. The summed E-state index contributed by atoms with van der Waals surface area (Å²) in [5, 5.41) is 28.8. The van der Waals surface area contributed by atoms with Crippen molar-refractivity contribution in [2.75, 3.05) is 0 Å². The molecule has 34 heavy (non-hydrogen) atoms. The summed E-state index contributed by atoms with van der Waals surface area (Å²) in [5.74, 6) is -2.83. The van der Waals surface area contributed by atoms with Crippen molar-refractivity contribution in [3.05, 3.63) is 73.0 Å². The molecule has 0 spiro atoms. The summed E-state index contributed by atoms with van der Waals surface area (Å²) >= 11 is 12.8. The zero-order valence-electron chi connectivity index (χ0n) is 17.4. The summed E-state index contributed by atoms with van der Waals surface area (Å²) in [6.45, 7) is 2.67. The van der Waals surface area contributed by atoms with E-state index in [0.29, 0.717) is 16.9 Å². The third-order valence-electron chi connectivity index (χ3n) is 5.16. The lowest BCUT2D eigenvalue weighted by Crippen LogP contribution is -2.46. The SMILES string of the molecule is Cc1cc(C(O)(C(C)c2ccc(Oc3ncc(C(=O)O)cc3Cl)cc2Cl)C(F)(F)F)sc1C#N. The average Bonchev–Trinajstić information content (AvgIpc) is 3.14. The second-order valence-corrected chi connectivity index (χ2v) is 9.19. The van der Waals surface area contributed by atoms with E-state index in [1.807, 2.05) is 6.07 Å². The molecular weight excluding hydrogens is 516 g/mol. The van der Waals surface area contributed by atoms with Crippen molar-refractivity contribution in [3.8, 4) is 17.7 Å². The van der Waals surface area contributed by atoms with Gasteiger partial charge in [0.1, 0.15) is 21.7 Å². The van der Waals surface area contributed by atoms with E-state index in [1.54, 1.807) is 0 Å². The van der Waals surface area contributed by atoms with Crippen molar-refractivity contribution >= 4 is 40.5 Å². The molecular formula is C22H15Cl2F3N2O4S. The molecule has 0 amide bonds. The third-order valence-corrected chi connectivity index (χ3v) is 7.03.